The monoisotopic (exact) mass is 292 g/mol. The summed E-state index contributed by atoms with van der Waals surface area (Å²) in [6, 6.07) is 3.81. The summed E-state index contributed by atoms with van der Waals surface area (Å²) in [7, 11) is 0. The van der Waals surface area contributed by atoms with E-state index in [0.717, 1.165) is 44.2 Å². The van der Waals surface area contributed by atoms with Gasteiger partial charge >= 0.3 is 0 Å². The number of carbonyl (C=O) groups is 1. The molecule has 1 aromatic heterocycles. The van der Waals surface area contributed by atoms with Crippen LogP contribution in [0.15, 0.2) is 18.3 Å². The van der Waals surface area contributed by atoms with Crippen LogP contribution in [0.2, 0.25) is 0 Å². The van der Waals surface area contributed by atoms with Crippen LogP contribution in [0.3, 0.4) is 0 Å². The molecule has 0 radical (unpaired) electrons. The number of nitrogens with two attached hydrogens (primary N) is 1. The molecular formula is C14H20N4OS. The number of hydrogen-bond acceptors (Lipinski definition) is 5. The molecule has 0 spiro atoms. The normalized spacial score (nSPS) is 23.1. The van der Waals surface area contributed by atoms with Crippen molar-refractivity contribution in [3.05, 3.63) is 18.3 Å². The lowest BCUT2D eigenvalue weighted by Gasteiger charge is -2.36. The molecule has 0 aromatic carbocycles. The molecule has 6 heteroatoms. The van der Waals surface area contributed by atoms with E-state index in [1.165, 1.54) is 6.42 Å². The fourth-order valence-electron chi connectivity index (χ4n) is 2.72. The van der Waals surface area contributed by atoms with E-state index in [1.807, 2.05) is 28.8 Å². The molecule has 0 bridgehead atoms. The van der Waals surface area contributed by atoms with E-state index in [-0.39, 0.29) is 5.25 Å². The number of hydrogen-bond donors (Lipinski definition) is 1. The lowest BCUT2D eigenvalue weighted by atomic mass is 10.2. The summed E-state index contributed by atoms with van der Waals surface area (Å²) >= 11 is 1.81. The average molecular weight is 292 g/mol. The van der Waals surface area contributed by atoms with Crippen molar-refractivity contribution in [1.29, 1.82) is 0 Å². The highest BCUT2D eigenvalue weighted by atomic mass is 32.2. The minimum atomic E-state index is 0.205. The molecule has 3 heterocycles. The molecule has 1 atom stereocenters. The third-order valence-corrected chi connectivity index (χ3v) is 5.26. The number of nitrogens with zero attached hydrogens (tertiary/aromatic N) is 3. The van der Waals surface area contributed by atoms with Crippen LogP contribution < -0.4 is 10.6 Å². The third kappa shape index (κ3) is 2.85. The van der Waals surface area contributed by atoms with Crippen molar-refractivity contribution in [1.82, 2.24) is 9.88 Å². The van der Waals surface area contributed by atoms with E-state index >= 15 is 0 Å². The second kappa shape index (κ2) is 5.91. The van der Waals surface area contributed by atoms with Gasteiger partial charge in [0, 0.05) is 26.2 Å². The predicted molar refractivity (Wildman–Crippen MR) is 82.9 cm³/mol. The SMILES string of the molecule is Nc1ccc(N2CCN(C(=O)C3CCCS3)CC2)nc1. The van der Waals surface area contributed by atoms with E-state index in [0.29, 0.717) is 11.6 Å². The molecule has 1 unspecified atom stereocenters. The zero-order valence-corrected chi connectivity index (χ0v) is 12.3. The molecule has 2 aliphatic heterocycles. The van der Waals surface area contributed by atoms with Gasteiger partial charge in [0.15, 0.2) is 0 Å². The Morgan fingerprint density at radius 2 is 2.10 bits per heavy atom. The van der Waals surface area contributed by atoms with Crippen molar-refractivity contribution in [2.24, 2.45) is 0 Å². The zero-order valence-electron chi connectivity index (χ0n) is 11.5. The van der Waals surface area contributed by atoms with Crippen molar-refractivity contribution < 1.29 is 4.79 Å². The van der Waals surface area contributed by atoms with Gasteiger partial charge in [-0.2, -0.15) is 0 Å². The quantitative estimate of drug-likeness (QED) is 0.887. The standard InChI is InChI=1S/C14H20N4OS/c15-11-3-4-13(16-10-11)17-5-7-18(8-6-17)14(19)12-2-1-9-20-12/h3-4,10,12H,1-2,5-9,15H2. The molecule has 2 N–H and O–H groups in total. The summed E-state index contributed by atoms with van der Waals surface area (Å²) in [6.45, 7) is 3.28. The van der Waals surface area contributed by atoms with Gasteiger partial charge in [-0.3, -0.25) is 4.79 Å². The van der Waals surface area contributed by atoms with Crippen molar-refractivity contribution in [3.63, 3.8) is 0 Å². The van der Waals surface area contributed by atoms with E-state index in [4.69, 9.17) is 5.73 Å². The van der Waals surface area contributed by atoms with Gasteiger partial charge in [0.25, 0.3) is 0 Å². The number of nitrogen functional groups attached to an aromatic ring is 1. The molecule has 108 valence electrons. The molecule has 1 aromatic rings. The Kier molecular flexibility index (Phi) is 4.00. The Morgan fingerprint density at radius 3 is 2.70 bits per heavy atom. The highest BCUT2D eigenvalue weighted by Crippen LogP contribution is 2.28. The number of anilines is 2. The minimum absolute atomic E-state index is 0.205. The molecule has 0 aliphatic carbocycles. The van der Waals surface area contributed by atoms with E-state index in [9.17, 15) is 4.79 Å². The Labute approximate surface area is 123 Å². The number of piperazine rings is 1. The fraction of sp³-hybridized carbons (Fsp3) is 0.571. The van der Waals surface area contributed by atoms with Gasteiger partial charge in [-0.25, -0.2) is 4.98 Å². The lowest BCUT2D eigenvalue weighted by molar-refractivity contribution is -0.130. The summed E-state index contributed by atoms with van der Waals surface area (Å²) < 4.78 is 0. The summed E-state index contributed by atoms with van der Waals surface area (Å²) in [6.07, 6.45) is 3.90. The summed E-state index contributed by atoms with van der Waals surface area (Å²) in [5.41, 5.74) is 6.33. The molecular weight excluding hydrogens is 272 g/mol. The van der Waals surface area contributed by atoms with Gasteiger partial charge in [-0.05, 0) is 30.7 Å². The maximum absolute atomic E-state index is 12.3. The van der Waals surface area contributed by atoms with Gasteiger partial charge in [0.2, 0.25) is 5.91 Å². The second-order valence-corrected chi connectivity index (χ2v) is 6.57. The second-order valence-electron chi connectivity index (χ2n) is 5.26. The highest BCUT2D eigenvalue weighted by Gasteiger charge is 2.30. The van der Waals surface area contributed by atoms with Crippen molar-refractivity contribution in [3.8, 4) is 0 Å². The van der Waals surface area contributed by atoms with Crippen LogP contribution in [0, 0.1) is 0 Å². The first-order valence-corrected chi connectivity index (χ1v) is 8.16. The van der Waals surface area contributed by atoms with Crippen molar-refractivity contribution >= 4 is 29.2 Å². The summed E-state index contributed by atoms with van der Waals surface area (Å²) in [5.74, 6) is 2.41. The van der Waals surface area contributed by atoms with Gasteiger partial charge in [-0.1, -0.05) is 0 Å². The summed E-state index contributed by atoms with van der Waals surface area (Å²) in [5, 5.41) is 0.205. The van der Waals surface area contributed by atoms with Gasteiger partial charge < -0.3 is 15.5 Å². The summed E-state index contributed by atoms with van der Waals surface area (Å²) in [4.78, 5) is 20.9. The molecule has 1 amide bonds. The van der Waals surface area contributed by atoms with Crippen molar-refractivity contribution in [2.75, 3.05) is 42.6 Å². The molecule has 20 heavy (non-hydrogen) atoms. The first kappa shape index (κ1) is 13.5. The predicted octanol–water partition coefficient (Wildman–Crippen LogP) is 1.21. The zero-order chi connectivity index (χ0) is 13.9. The molecule has 0 saturated carbocycles. The van der Waals surface area contributed by atoms with Crippen LogP contribution in [0.4, 0.5) is 11.5 Å². The molecule has 5 nitrogen and oxygen atoms in total. The van der Waals surface area contributed by atoms with E-state index < -0.39 is 0 Å². The van der Waals surface area contributed by atoms with E-state index in [1.54, 1.807) is 6.20 Å². The largest absolute Gasteiger partial charge is 0.397 e. The van der Waals surface area contributed by atoms with Crippen molar-refractivity contribution in [2.45, 2.75) is 18.1 Å². The molecule has 2 fully saturated rings. The first-order chi connectivity index (χ1) is 9.74. The Balaban J connectivity index is 1.56. The van der Waals surface area contributed by atoms with Crippen LogP contribution in [0.1, 0.15) is 12.8 Å². The van der Waals surface area contributed by atoms with Crippen LogP contribution >= 0.6 is 11.8 Å². The topological polar surface area (TPSA) is 62.5 Å². The van der Waals surface area contributed by atoms with Crippen LogP contribution in [-0.4, -0.2) is 53.0 Å². The number of carbonyl (C=O) groups excluding carboxylic acids is 1. The number of aromatic nitrogens is 1. The fourth-order valence-corrected chi connectivity index (χ4v) is 3.96. The number of thioether (sulfide) groups is 1. The maximum Gasteiger partial charge on any atom is 0.235 e. The number of amides is 1. The molecule has 3 rings (SSSR count). The Hall–Kier alpha value is -1.43. The minimum Gasteiger partial charge on any atom is -0.397 e. The van der Waals surface area contributed by atoms with Gasteiger partial charge in [0.05, 0.1) is 17.1 Å². The van der Waals surface area contributed by atoms with Gasteiger partial charge in [-0.15, -0.1) is 11.8 Å². The Morgan fingerprint density at radius 1 is 1.30 bits per heavy atom. The third-order valence-electron chi connectivity index (χ3n) is 3.89. The molecule has 2 saturated heterocycles. The molecule has 2 aliphatic rings. The number of pyridine rings is 1. The van der Waals surface area contributed by atoms with Crippen LogP contribution in [-0.2, 0) is 4.79 Å². The smallest absolute Gasteiger partial charge is 0.235 e. The first-order valence-electron chi connectivity index (χ1n) is 7.11. The Bertz CT molecular complexity index is 465. The maximum atomic E-state index is 12.3. The van der Waals surface area contributed by atoms with E-state index in [2.05, 4.69) is 9.88 Å². The van der Waals surface area contributed by atoms with Crippen LogP contribution in [0.25, 0.3) is 0 Å². The average Bonchev–Trinajstić information content (AvgIpc) is 3.02. The highest BCUT2D eigenvalue weighted by molar-refractivity contribution is 8.00. The lowest BCUT2D eigenvalue weighted by Crippen LogP contribution is -2.51. The number of rotatable bonds is 2. The van der Waals surface area contributed by atoms with Gasteiger partial charge in [0.1, 0.15) is 5.82 Å². The van der Waals surface area contributed by atoms with Crippen LogP contribution in [0.5, 0.6) is 0 Å².